The van der Waals surface area contributed by atoms with Gasteiger partial charge >= 0.3 is 18.3 Å². The fourth-order valence-corrected chi connectivity index (χ4v) is 7.21. The van der Waals surface area contributed by atoms with E-state index >= 15 is 0 Å². The highest BCUT2D eigenvalue weighted by molar-refractivity contribution is 6.04. The van der Waals surface area contributed by atoms with Crippen molar-refractivity contribution in [2.24, 2.45) is 0 Å². The standard InChI is InChI=1S/C46H72N4O9/c1-5-7-8-9-10-11-12-13-14-15-16-17-18-19-20-24-31-47-44(52)59-39-29-33-49(34-30-39)45(53)57-36-40(55-3)37-58-46(54)50(35-38-26-23-25-32-48(38)6-2)43(51)41-27-21-22-28-42(41)56-4/h21-23,25-28,32,39-40H,5-20,24,29-31,33-37H2,1-4H3/p+1. The molecule has 1 saturated heterocycles. The number of carbonyl (C=O) groups excluding carboxylic acids is 4. The Morgan fingerprint density at radius 2 is 1.34 bits per heavy atom. The summed E-state index contributed by atoms with van der Waals surface area (Å²) in [6.07, 6.45) is 20.9. The van der Waals surface area contributed by atoms with E-state index in [1.54, 1.807) is 29.2 Å². The molecule has 1 aromatic heterocycles. The van der Waals surface area contributed by atoms with Crippen molar-refractivity contribution in [3.8, 4) is 5.75 Å². The number of ether oxygens (including phenoxy) is 5. The van der Waals surface area contributed by atoms with E-state index in [9.17, 15) is 19.2 Å². The van der Waals surface area contributed by atoms with Crippen molar-refractivity contribution in [3.63, 3.8) is 0 Å². The molecule has 0 saturated carbocycles. The molecule has 2 heterocycles. The maximum absolute atomic E-state index is 13.7. The van der Waals surface area contributed by atoms with Crippen LogP contribution in [0.3, 0.4) is 0 Å². The van der Waals surface area contributed by atoms with E-state index in [2.05, 4.69) is 12.2 Å². The molecule has 3 rings (SSSR count). The number of hydrogen-bond donors (Lipinski definition) is 1. The minimum absolute atomic E-state index is 0.0437. The summed E-state index contributed by atoms with van der Waals surface area (Å²) in [5.41, 5.74) is 0.941. The van der Waals surface area contributed by atoms with E-state index in [0.717, 1.165) is 23.4 Å². The molecule has 1 atom stereocenters. The molecule has 1 fully saturated rings. The zero-order chi connectivity index (χ0) is 42.5. The van der Waals surface area contributed by atoms with E-state index in [1.165, 1.54) is 104 Å². The van der Waals surface area contributed by atoms with Crippen LogP contribution >= 0.6 is 0 Å². The van der Waals surface area contributed by atoms with Gasteiger partial charge in [0.2, 0.25) is 5.69 Å². The highest BCUT2D eigenvalue weighted by Gasteiger charge is 2.31. The number of nitrogens with zero attached hydrogens (tertiary/aromatic N) is 3. The van der Waals surface area contributed by atoms with Gasteiger partial charge in [0.15, 0.2) is 6.20 Å². The van der Waals surface area contributed by atoms with Crippen LogP contribution in [0.2, 0.25) is 0 Å². The Balaban J connectivity index is 1.28. The van der Waals surface area contributed by atoms with Crippen molar-refractivity contribution in [1.29, 1.82) is 0 Å². The molecule has 59 heavy (non-hydrogen) atoms. The zero-order valence-corrected chi connectivity index (χ0v) is 36.5. The fourth-order valence-electron chi connectivity index (χ4n) is 7.21. The van der Waals surface area contributed by atoms with Gasteiger partial charge in [-0.25, -0.2) is 23.9 Å². The first-order chi connectivity index (χ1) is 28.8. The number of carbonyl (C=O) groups is 4. The number of para-hydroxylation sites is 1. The number of hydrogen-bond acceptors (Lipinski definition) is 9. The molecule has 0 aliphatic carbocycles. The molecule has 0 spiro atoms. The van der Waals surface area contributed by atoms with E-state index in [4.69, 9.17) is 23.7 Å². The number of pyridine rings is 1. The summed E-state index contributed by atoms with van der Waals surface area (Å²) in [7, 11) is 2.88. The molecular weight excluding hydrogens is 753 g/mol. The van der Waals surface area contributed by atoms with Gasteiger partial charge in [-0.3, -0.25) is 4.79 Å². The van der Waals surface area contributed by atoms with Crippen LogP contribution in [0.1, 0.15) is 145 Å². The molecule has 0 radical (unpaired) electrons. The molecule has 13 heteroatoms. The van der Waals surface area contributed by atoms with Crippen LogP contribution in [0.15, 0.2) is 48.7 Å². The third-order valence-corrected chi connectivity index (χ3v) is 10.9. The number of nitrogens with one attached hydrogen (secondary N) is 1. The average molecular weight is 826 g/mol. The Morgan fingerprint density at radius 1 is 0.763 bits per heavy atom. The predicted octanol–water partition coefficient (Wildman–Crippen LogP) is 9.39. The number of likely N-dealkylation sites (tertiary alicyclic amines) is 1. The first-order valence-electron chi connectivity index (χ1n) is 22.3. The van der Waals surface area contributed by atoms with Gasteiger partial charge in [0.1, 0.15) is 44.3 Å². The highest BCUT2D eigenvalue weighted by atomic mass is 16.6. The Hall–Kier alpha value is -4.39. The smallest absolute Gasteiger partial charge is 0.417 e. The summed E-state index contributed by atoms with van der Waals surface area (Å²) in [5.74, 6) is -0.257. The molecule has 1 unspecified atom stereocenters. The average Bonchev–Trinajstić information content (AvgIpc) is 3.26. The van der Waals surface area contributed by atoms with Crippen LogP contribution in [-0.4, -0.2) is 93.3 Å². The van der Waals surface area contributed by atoms with Gasteiger partial charge < -0.3 is 33.9 Å². The summed E-state index contributed by atoms with van der Waals surface area (Å²) in [6.45, 7) is 5.75. The number of aromatic nitrogens is 1. The molecule has 1 N–H and O–H groups in total. The number of piperidine rings is 1. The summed E-state index contributed by atoms with van der Waals surface area (Å²) in [6, 6.07) is 12.2. The third-order valence-electron chi connectivity index (χ3n) is 10.9. The number of rotatable bonds is 28. The number of benzene rings is 1. The number of imide groups is 1. The number of unbranched alkanes of at least 4 members (excludes halogenated alkanes) is 15. The molecule has 2 aromatic rings. The van der Waals surface area contributed by atoms with E-state index in [-0.39, 0.29) is 31.4 Å². The Kier molecular flexibility index (Phi) is 24.7. The first kappa shape index (κ1) is 49.0. The minimum Gasteiger partial charge on any atom is -0.496 e. The molecule has 1 aromatic carbocycles. The van der Waals surface area contributed by atoms with E-state index < -0.39 is 30.3 Å². The largest absolute Gasteiger partial charge is 0.496 e. The lowest BCUT2D eigenvalue weighted by Crippen LogP contribution is -2.45. The SMILES string of the molecule is CCCCCCCCCCCCCCCCCCNC(=O)OC1CCN(C(=O)OCC(COC(=O)N(Cc2cccc[n+]2CC)C(=O)c2ccccc2OC)OC)CC1. The van der Waals surface area contributed by atoms with Gasteiger partial charge in [-0.1, -0.05) is 121 Å². The number of amides is 4. The topological polar surface area (TPSA) is 137 Å². The van der Waals surface area contributed by atoms with Crippen LogP contribution in [-0.2, 0) is 32.0 Å². The van der Waals surface area contributed by atoms with Crippen molar-refractivity contribution in [2.75, 3.05) is 47.1 Å². The second-order valence-electron chi connectivity index (χ2n) is 15.4. The summed E-state index contributed by atoms with van der Waals surface area (Å²) < 4.78 is 29.4. The lowest BCUT2D eigenvalue weighted by atomic mass is 10.0. The lowest BCUT2D eigenvalue weighted by Gasteiger charge is -2.31. The Labute approximate surface area is 353 Å². The van der Waals surface area contributed by atoms with Crippen molar-refractivity contribution in [2.45, 2.75) is 155 Å². The zero-order valence-electron chi connectivity index (χ0n) is 36.5. The number of aryl methyl sites for hydroxylation is 1. The van der Waals surface area contributed by atoms with Crippen LogP contribution < -0.4 is 14.6 Å². The third kappa shape index (κ3) is 19.0. The summed E-state index contributed by atoms with van der Waals surface area (Å²) in [4.78, 5) is 55.1. The normalized spacial score (nSPS) is 13.4. The summed E-state index contributed by atoms with van der Waals surface area (Å²) in [5, 5.41) is 2.87. The quantitative estimate of drug-likeness (QED) is 0.0506. The van der Waals surface area contributed by atoms with Crippen molar-refractivity contribution < 1.29 is 47.4 Å². The van der Waals surface area contributed by atoms with Crippen LogP contribution in [0.5, 0.6) is 5.75 Å². The number of alkyl carbamates (subject to hydrolysis) is 1. The van der Waals surface area contributed by atoms with Crippen molar-refractivity contribution >= 4 is 24.2 Å². The van der Waals surface area contributed by atoms with Gasteiger partial charge in [0.25, 0.3) is 5.91 Å². The Bertz CT molecular complexity index is 1500. The van der Waals surface area contributed by atoms with Crippen LogP contribution in [0, 0.1) is 0 Å². The monoisotopic (exact) mass is 826 g/mol. The van der Waals surface area contributed by atoms with Crippen LogP contribution in [0.25, 0.3) is 0 Å². The van der Waals surface area contributed by atoms with Crippen molar-refractivity contribution in [3.05, 3.63) is 59.9 Å². The maximum atomic E-state index is 13.7. The maximum Gasteiger partial charge on any atom is 0.417 e. The van der Waals surface area contributed by atoms with Gasteiger partial charge in [-0.2, -0.15) is 0 Å². The molecule has 13 nitrogen and oxygen atoms in total. The number of methoxy groups -OCH3 is 2. The Morgan fingerprint density at radius 3 is 1.93 bits per heavy atom. The van der Waals surface area contributed by atoms with E-state index in [0.29, 0.717) is 44.8 Å². The second-order valence-corrected chi connectivity index (χ2v) is 15.4. The molecule has 0 bridgehead atoms. The molecule has 1 aliphatic heterocycles. The minimum atomic E-state index is -0.878. The molecule has 4 amide bonds. The van der Waals surface area contributed by atoms with Gasteiger partial charge in [-0.15, -0.1) is 0 Å². The molecule has 1 aliphatic rings. The highest BCUT2D eigenvalue weighted by Crippen LogP contribution is 2.21. The van der Waals surface area contributed by atoms with Gasteiger partial charge in [0.05, 0.1) is 12.7 Å². The van der Waals surface area contributed by atoms with Crippen LogP contribution in [0.4, 0.5) is 14.4 Å². The molecular formula is C46H73N4O9+. The molecule has 330 valence electrons. The van der Waals surface area contributed by atoms with E-state index in [1.807, 2.05) is 35.9 Å². The van der Waals surface area contributed by atoms with Gasteiger partial charge in [-0.05, 0) is 25.5 Å². The van der Waals surface area contributed by atoms with Crippen molar-refractivity contribution in [1.82, 2.24) is 15.1 Å². The van der Waals surface area contributed by atoms with Gasteiger partial charge in [0, 0.05) is 51.7 Å². The second kappa shape index (κ2) is 29.8. The predicted molar refractivity (Wildman–Crippen MR) is 227 cm³/mol. The fraction of sp³-hybridized carbons (Fsp3) is 0.674. The summed E-state index contributed by atoms with van der Waals surface area (Å²) >= 11 is 0. The first-order valence-corrected chi connectivity index (χ1v) is 22.3. The lowest BCUT2D eigenvalue weighted by molar-refractivity contribution is -0.701.